The number of ether oxygens (including phenoxy) is 1. The maximum atomic E-state index is 13.2. The Bertz CT molecular complexity index is 382. The fourth-order valence-electron chi connectivity index (χ4n) is 1.28. The van der Waals surface area contributed by atoms with Gasteiger partial charge in [-0.2, -0.15) is 0 Å². The molecule has 16 heavy (non-hydrogen) atoms. The van der Waals surface area contributed by atoms with Crippen molar-refractivity contribution in [1.29, 1.82) is 0 Å². The van der Waals surface area contributed by atoms with Gasteiger partial charge in [-0.1, -0.05) is 6.07 Å². The van der Waals surface area contributed by atoms with E-state index in [0.29, 0.717) is 5.56 Å². The lowest BCUT2D eigenvalue weighted by Gasteiger charge is -2.15. The van der Waals surface area contributed by atoms with Gasteiger partial charge in [-0.15, -0.1) is 0 Å². The molecule has 1 rings (SSSR count). The van der Waals surface area contributed by atoms with E-state index in [2.05, 4.69) is 4.74 Å². The number of nitrogens with zero attached hydrogens (tertiary/aromatic N) is 1. The van der Waals surface area contributed by atoms with Crippen molar-refractivity contribution in [1.82, 2.24) is 4.90 Å². The van der Waals surface area contributed by atoms with Crippen molar-refractivity contribution in [3.8, 4) is 0 Å². The van der Waals surface area contributed by atoms with Crippen LogP contribution in [-0.2, 0) is 16.1 Å². The van der Waals surface area contributed by atoms with Crippen LogP contribution in [0.3, 0.4) is 0 Å². The third kappa shape index (κ3) is 3.58. The Hall–Kier alpha value is -1.49. The summed E-state index contributed by atoms with van der Waals surface area (Å²) in [5, 5.41) is 0. The summed E-state index contributed by atoms with van der Waals surface area (Å²) in [4.78, 5) is 12.5. The van der Waals surface area contributed by atoms with E-state index in [4.69, 9.17) is 0 Å². The molecule has 0 amide bonds. The van der Waals surface area contributed by atoms with Crippen LogP contribution in [0.15, 0.2) is 18.2 Å². The van der Waals surface area contributed by atoms with Gasteiger partial charge in [0.15, 0.2) is 0 Å². The Morgan fingerprint density at radius 1 is 1.44 bits per heavy atom. The average Bonchev–Trinajstić information content (AvgIpc) is 2.22. The number of hydrogen-bond donors (Lipinski definition) is 0. The van der Waals surface area contributed by atoms with Crippen molar-refractivity contribution in [3.63, 3.8) is 0 Å². The van der Waals surface area contributed by atoms with E-state index in [-0.39, 0.29) is 13.1 Å². The Balaban J connectivity index is 2.62. The Morgan fingerprint density at radius 2 is 2.12 bits per heavy atom. The van der Waals surface area contributed by atoms with E-state index in [9.17, 15) is 13.6 Å². The van der Waals surface area contributed by atoms with Gasteiger partial charge in [0, 0.05) is 18.2 Å². The number of hydrogen-bond acceptors (Lipinski definition) is 3. The van der Waals surface area contributed by atoms with E-state index in [1.54, 1.807) is 11.9 Å². The summed E-state index contributed by atoms with van der Waals surface area (Å²) < 4.78 is 30.3. The first-order chi connectivity index (χ1) is 7.52. The predicted molar refractivity (Wildman–Crippen MR) is 54.7 cm³/mol. The van der Waals surface area contributed by atoms with Gasteiger partial charge in [0.2, 0.25) is 0 Å². The second kappa shape index (κ2) is 5.55. The van der Waals surface area contributed by atoms with Gasteiger partial charge >= 0.3 is 5.97 Å². The minimum Gasteiger partial charge on any atom is -0.468 e. The molecular weight excluding hydrogens is 216 g/mol. The molecule has 0 heterocycles. The smallest absolute Gasteiger partial charge is 0.319 e. The molecule has 88 valence electrons. The molecule has 0 aliphatic heterocycles. The SMILES string of the molecule is COC(=O)CN(C)Cc1ccc(F)cc1F. The average molecular weight is 229 g/mol. The minimum absolute atomic E-state index is 0.0628. The van der Waals surface area contributed by atoms with Crippen molar-refractivity contribution in [2.24, 2.45) is 0 Å². The summed E-state index contributed by atoms with van der Waals surface area (Å²) in [5.41, 5.74) is 0.341. The monoisotopic (exact) mass is 229 g/mol. The maximum Gasteiger partial charge on any atom is 0.319 e. The van der Waals surface area contributed by atoms with E-state index in [0.717, 1.165) is 6.07 Å². The summed E-state index contributed by atoms with van der Waals surface area (Å²) in [5.74, 6) is -1.63. The van der Waals surface area contributed by atoms with Crippen LogP contribution in [0, 0.1) is 11.6 Å². The van der Waals surface area contributed by atoms with Crippen LogP contribution in [0.1, 0.15) is 5.56 Å². The number of carbonyl (C=O) groups excluding carboxylic acids is 1. The number of esters is 1. The van der Waals surface area contributed by atoms with Crippen LogP contribution in [0.2, 0.25) is 0 Å². The van der Waals surface area contributed by atoms with Gasteiger partial charge < -0.3 is 4.74 Å². The lowest BCUT2D eigenvalue weighted by atomic mass is 10.2. The van der Waals surface area contributed by atoms with E-state index >= 15 is 0 Å². The second-order valence-corrected chi connectivity index (χ2v) is 3.48. The molecule has 1 aromatic rings. The van der Waals surface area contributed by atoms with Crippen molar-refractivity contribution in [2.75, 3.05) is 20.7 Å². The van der Waals surface area contributed by atoms with Gasteiger partial charge in [0.25, 0.3) is 0 Å². The second-order valence-electron chi connectivity index (χ2n) is 3.48. The third-order valence-corrected chi connectivity index (χ3v) is 2.08. The highest BCUT2D eigenvalue weighted by Crippen LogP contribution is 2.11. The number of likely N-dealkylation sites (N-methyl/N-ethyl adjacent to an activating group) is 1. The standard InChI is InChI=1S/C11H13F2NO2/c1-14(7-11(15)16-2)6-8-3-4-9(12)5-10(8)13/h3-5H,6-7H2,1-2H3. The molecule has 0 N–H and O–H groups in total. The largest absolute Gasteiger partial charge is 0.468 e. The van der Waals surface area contributed by atoms with Crippen molar-refractivity contribution >= 4 is 5.97 Å². The van der Waals surface area contributed by atoms with Crippen LogP contribution >= 0.6 is 0 Å². The van der Waals surface area contributed by atoms with Crippen molar-refractivity contribution in [3.05, 3.63) is 35.4 Å². The molecule has 0 bridgehead atoms. The molecule has 0 unspecified atom stereocenters. The number of rotatable bonds is 4. The molecule has 5 heteroatoms. The molecule has 0 saturated carbocycles. The number of benzene rings is 1. The Kier molecular flexibility index (Phi) is 4.37. The highest BCUT2D eigenvalue weighted by atomic mass is 19.1. The van der Waals surface area contributed by atoms with Crippen LogP contribution in [0.5, 0.6) is 0 Å². The predicted octanol–water partition coefficient (Wildman–Crippen LogP) is 1.57. The van der Waals surface area contributed by atoms with Crippen LogP contribution < -0.4 is 0 Å². The lowest BCUT2D eigenvalue weighted by Crippen LogP contribution is -2.26. The first-order valence-electron chi connectivity index (χ1n) is 4.72. The number of carbonyl (C=O) groups is 1. The first-order valence-corrected chi connectivity index (χ1v) is 4.72. The summed E-state index contributed by atoms with van der Waals surface area (Å²) in [7, 11) is 2.94. The highest BCUT2D eigenvalue weighted by Gasteiger charge is 2.10. The van der Waals surface area contributed by atoms with Gasteiger partial charge in [0.1, 0.15) is 11.6 Å². The zero-order chi connectivity index (χ0) is 12.1. The molecule has 0 radical (unpaired) electrons. The molecule has 0 spiro atoms. The molecule has 1 aromatic carbocycles. The van der Waals surface area contributed by atoms with Gasteiger partial charge in [0.05, 0.1) is 13.7 Å². The van der Waals surface area contributed by atoms with E-state index < -0.39 is 17.6 Å². The van der Waals surface area contributed by atoms with Crippen LogP contribution in [-0.4, -0.2) is 31.6 Å². The number of methoxy groups -OCH3 is 1. The third-order valence-electron chi connectivity index (χ3n) is 2.08. The normalized spacial score (nSPS) is 10.6. The van der Waals surface area contributed by atoms with Crippen LogP contribution in [0.25, 0.3) is 0 Å². The fourth-order valence-corrected chi connectivity index (χ4v) is 1.28. The zero-order valence-corrected chi connectivity index (χ0v) is 9.17. The summed E-state index contributed by atoms with van der Waals surface area (Å²) in [6.07, 6.45) is 0. The molecule has 0 atom stereocenters. The number of halogens is 2. The molecule has 0 aliphatic rings. The molecule has 3 nitrogen and oxygen atoms in total. The topological polar surface area (TPSA) is 29.5 Å². The van der Waals surface area contributed by atoms with Gasteiger partial charge in [-0.05, 0) is 13.1 Å². The fraction of sp³-hybridized carbons (Fsp3) is 0.364. The minimum atomic E-state index is -0.614. The van der Waals surface area contributed by atoms with Gasteiger partial charge in [-0.3, -0.25) is 9.69 Å². The van der Waals surface area contributed by atoms with Gasteiger partial charge in [-0.25, -0.2) is 8.78 Å². The summed E-state index contributed by atoms with van der Waals surface area (Å²) in [6.45, 7) is 0.286. The molecule has 0 fully saturated rings. The summed E-state index contributed by atoms with van der Waals surface area (Å²) in [6, 6.07) is 3.37. The van der Waals surface area contributed by atoms with E-state index in [1.165, 1.54) is 19.2 Å². The maximum absolute atomic E-state index is 13.2. The summed E-state index contributed by atoms with van der Waals surface area (Å²) >= 11 is 0. The molecule has 0 aromatic heterocycles. The van der Waals surface area contributed by atoms with Crippen LogP contribution in [0.4, 0.5) is 8.78 Å². The Labute approximate surface area is 92.6 Å². The Morgan fingerprint density at radius 3 is 2.69 bits per heavy atom. The highest BCUT2D eigenvalue weighted by molar-refractivity contribution is 5.71. The van der Waals surface area contributed by atoms with Crippen molar-refractivity contribution in [2.45, 2.75) is 6.54 Å². The zero-order valence-electron chi connectivity index (χ0n) is 9.17. The molecule has 0 aliphatic carbocycles. The van der Waals surface area contributed by atoms with E-state index in [1.807, 2.05) is 0 Å². The molecule has 0 saturated heterocycles. The quantitative estimate of drug-likeness (QED) is 0.734. The first kappa shape index (κ1) is 12.6. The lowest BCUT2D eigenvalue weighted by molar-refractivity contribution is -0.141. The van der Waals surface area contributed by atoms with Crippen molar-refractivity contribution < 1.29 is 18.3 Å². The molecular formula is C11H13F2NO2.